The Morgan fingerprint density at radius 1 is 1.36 bits per heavy atom. The maximum atomic E-state index is 11.8. The molecule has 78 valence electrons. The quantitative estimate of drug-likeness (QED) is 0.850. The Balaban J connectivity index is 2.89. The van der Waals surface area contributed by atoms with Crippen LogP contribution in [0.1, 0.15) is 5.56 Å². The summed E-state index contributed by atoms with van der Waals surface area (Å²) in [5, 5.41) is 8.72. The summed E-state index contributed by atoms with van der Waals surface area (Å²) in [6.45, 7) is -0.206. The van der Waals surface area contributed by atoms with E-state index in [1.165, 1.54) is 18.2 Å². The number of rotatable bonds is 2. The van der Waals surface area contributed by atoms with Crippen molar-refractivity contribution in [3.8, 4) is 5.75 Å². The van der Waals surface area contributed by atoms with Gasteiger partial charge in [-0.3, -0.25) is 0 Å². The van der Waals surface area contributed by atoms with E-state index in [4.69, 9.17) is 5.11 Å². The lowest BCUT2D eigenvalue weighted by atomic mass is 10.2. The predicted molar refractivity (Wildman–Crippen MR) is 51.8 cm³/mol. The van der Waals surface area contributed by atoms with E-state index < -0.39 is 6.36 Å². The zero-order valence-corrected chi connectivity index (χ0v) is 8.96. The maximum Gasteiger partial charge on any atom is 0.573 e. The SMILES string of the molecule is OCc1ccc(OC(F)(F)F)c(I)c1. The van der Waals surface area contributed by atoms with Crippen molar-refractivity contribution < 1.29 is 23.0 Å². The molecule has 0 aromatic heterocycles. The molecule has 0 atom stereocenters. The molecule has 2 nitrogen and oxygen atoms in total. The number of halogens is 4. The van der Waals surface area contributed by atoms with Gasteiger partial charge in [-0.15, -0.1) is 13.2 Å². The lowest BCUT2D eigenvalue weighted by Crippen LogP contribution is -2.17. The summed E-state index contributed by atoms with van der Waals surface area (Å²) in [6.07, 6.45) is -4.68. The van der Waals surface area contributed by atoms with E-state index in [0.29, 0.717) is 9.13 Å². The first kappa shape index (κ1) is 11.6. The third kappa shape index (κ3) is 3.33. The fraction of sp³-hybridized carbons (Fsp3) is 0.250. The molecule has 0 amide bonds. The Hall–Kier alpha value is -0.500. The molecule has 1 aromatic rings. The number of aliphatic hydroxyl groups excluding tert-OH is 1. The summed E-state index contributed by atoms with van der Waals surface area (Å²) in [5.74, 6) is -0.254. The normalized spacial score (nSPS) is 11.5. The molecule has 6 heteroatoms. The molecule has 0 saturated carbocycles. The Morgan fingerprint density at radius 3 is 2.43 bits per heavy atom. The zero-order valence-electron chi connectivity index (χ0n) is 6.81. The van der Waals surface area contributed by atoms with Gasteiger partial charge in [-0.1, -0.05) is 6.07 Å². The number of aliphatic hydroxyl groups is 1. The van der Waals surface area contributed by atoms with Crippen LogP contribution in [0.25, 0.3) is 0 Å². The average molecular weight is 318 g/mol. The van der Waals surface area contributed by atoms with Crippen LogP contribution in [0.4, 0.5) is 13.2 Å². The van der Waals surface area contributed by atoms with Crippen molar-refractivity contribution >= 4 is 22.6 Å². The molecule has 1 aromatic carbocycles. The minimum Gasteiger partial charge on any atom is -0.405 e. The predicted octanol–water partition coefficient (Wildman–Crippen LogP) is 2.68. The Kier molecular flexibility index (Phi) is 3.59. The number of hydrogen-bond acceptors (Lipinski definition) is 2. The first-order valence-electron chi connectivity index (χ1n) is 3.57. The van der Waals surface area contributed by atoms with Gasteiger partial charge in [-0.25, -0.2) is 0 Å². The zero-order chi connectivity index (χ0) is 10.8. The monoisotopic (exact) mass is 318 g/mol. The van der Waals surface area contributed by atoms with Crippen LogP contribution in [-0.2, 0) is 6.61 Å². The van der Waals surface area contributed by atoms with Crippen LogP contribution in [0.15, 0.2) is 18.2 Å². The summed E-state index contributed by atoms with van der Waals surface area (Å²) in [5.41, 5.74) is 0.545. The van der Waals surface area contributed by atoms with Crippen molar-refractivity contribution in [2.45, 2.75) is 13.0 Å². The van der Waals surface area contributed by atoms with Crippen LogP contribution in [0.5, 0.6) is 5.75 Å². The van der Waals surface area contributed by atoms with E-state index in [2.05, 4.69) is 4.74 Å². The minimum atomic E-state index is -4.68. The van der Waals surface area contributed by atoms with Gasteiger partial charge < -0.3 is 9.84 Å². The van der Waals surface area contributed by atoms with E-state index in [0.717, 1.165) is 0 Å². The van der Waals surface area contributed by atoms with Gasteiger partial charge in [0.05, 0.1) is 10.2 Å². The first-order valence-corrected chi connectivity index (χ1v) is 4.65. The molecule has 0 aliphatic carbocycles. The molecule has 0 spiro atoms. The van der Waals surface area contributed by atoms with Crippen molar-refractivity contribution in [2.24, 2.45) is 0 Å². The lowest BCUT2D eigenvalue weighted by molar-refractivity contribution is -0.274. The molecule has 0 aliphatic heterocycles. The van der Waals surface area contributed by atoms with Crippen LogP contribution in [0.3, 0.4) is 0 Å². The molecule has 0 aliphatic rings. The van der Waals surface area contributed by atoms with Crippen LogP contribution >= 0.6 is 22.6 Å². The highest BCUT2D eigenvalue weighted by atomic mass is 127. The standard InChI is InChI=1S/C8H6F3IO2/c9-8(10,11)14-7-2-1-5(4-13)3-6(7)12/h1-3,13H,4H2. The molecule has 0 fully saturated rings. The average Bonchev–Trinajstić information content (AvgIpc) is 2.06. The highest BCUT2D eigenvalue weighted by molar-refractivity contribution is 14.1. The smallest absolute Gasteiger partial charge is 0.405 e. The second-order valence-corrected chi connectivity index (χ2v) is 3.63. The molecule has 14 heavy (non-hydrogen) atoms. The number of hydrogen-bond donors (Lipinski definition) is 1. The summed E-state index contributed by atoms with van der Waals surface area (Å²) in [7, 11) is 0. The van der Waals surface area contributed by atoms with Crippen molar-refractivity contribution in [1.29, 1.82) is 0 Å². The third-order valence-corrected chi connectivity index (χ3v) is 2.25. The van der Waals surface area contributed by atoms with Crippen molar-refractivity contribution in [3.63, 3.8) is 0 Å². The summed E-state index contributed by atoms with van der Waals surface area (Å²) in [4.78, 5) is 0. The number of alkyl halides is 3. The molecule has 0 bridgehead atoms. The van der Waals surface area contributed by atoms with E-state index >= 15 is 0 Å². The summed E-state index contributed by atoms with van der Waals surface area (Å²) in [6, 6.07) is 3.99. The molecule has 1 rings (SSSR count). The second-order valence-electron chi connectivity index (χ2n) is 2.47. The molecule has 0 unspecified atom stereocenters. The fourth-order valence-corrected chi connectivity index (χ4v) is 1.54. The van der Waals surface area contributed by atoms with E-state index in [9.17, 15) is 13.2 Å². The van der Waals surface area contributed by atoms with Crippen molar-refractivity contribution in [3.05, 3.63) is 27.3 Å². The highest BCUT2D eigenvalue weighted by Crippen LogP contribution is 2.28. The second kappa shape index (κ2) is 4.35. The molecular formula is C8H6F3IO2. The molecule has 0 heterocycles. The van der Waals surface area contributed by atoms with E-state index in [-0.39, 0.29) is 12.4 Å². The van der Waals surface area contributed by atoms with Gasteiger partial charge in [0.2, 0.25) is 0 Å². The topological polar surface area (TPSA) is 29.5 Å². The Morgan fingerprint density at radius 2 is 2.00 bits per heavy atom. The molecular weight excluding hydrogens is 312 g/mol. The van der Waals surface area contributed by atoms with Gasteiger partial charge >= 0.3 is 6.36 Å². The van der Waals surface area contributed by atoms with Gasteiger partial charge in [0, 0.05) is 0 Å². The highest BCUT2D eigenvalue weighted by Gasteiger charge is 2.31. The van der Waals surface area contributed by atoms with Gasteiger partial charge in [0.15, 0.2) is 0 Å². The van der Waals surface area contributed by atoms with Crippen LogP contribution in [0, 0.1) is 3.57 Å². The van der Waals surface area contributed by atoms with E-state index in [1.807, 2.05) is 0 Å². The third-order valence-electron chi connectivity index (χ3n) is 1.40. The molecule has 1 N–H and O–H groups in total. The Labute approximate surface area is 91.8 Å². The van der Waals surface area contributed by atoms with Crippen LogP contribution in [0.2, 0.25) is 0 Å². The van der Waals surface area contributed by atoms with Crippen molar-refractivity contribution in [1.82, 2.24) is 0 Å². The van der Waals surface area contributed by atoms with E-state index in [1.54, 1.807) is 22.6 Å². The molecule has 0 saturated heterocycles. The van der Waals surface area contributed by atoms with Crippen LogP contribution in [-0.4, -0.2) is 11.5 Å². The first-order chi connectivity index (χ1) is 6.42. The number of ether oxygens (including phenoxy) is 1. The maximum absolute atomic E-state index is 11.8. The fourth-order valence-electron chi connectivity index (χ4n) is 0.850. The summed E-state index contributed by atoms with van der Waals surface area (Å²) >= 11 is 1.71. The summed E-state index contributed by atoms with van der Waals surface area (Å²) < 4.78 is 39.5. The Bertz CT molecular complexity index is 325. The number of benzene rings is 1. The van der Waals surface area contributed by atoms with Gasteiger partial charge in [0.1, 0.15) is 5.75 Å². The lowest BCUT2D eigenvalue weighted by Gasteiger charge is -2.10. The van der Waals surface area contributed by atoms with Gasteiger partial charge in [-0.05, 0) is 40.3 Å². The van der Waals surface area contributed by atoms with Crippen molar-refractivity contribution in [2.75, 3.05) is 0 Å². The van der Waals surface area contributed by atoms with Crippen LogP contribution < -0.4 is 4.74 Å². The van der Waals surface area contributed by atoms with Gasteiger partial charge in [0.25, 0.3) is 0 Å². The molecule has 0 radical (unpaired) electrons. The minimum absolute atomic E-state index is 0.206. The largest absolute Gasteiger partial charge is 0.573 e. The van der Waals surface area contributed by atoms with Gasteiger partial charge in [-0.2, -0.15) is 0 Å².